The van der Waals surface area contributed by atoms with Gasteiger partial charge in [-0.2, -0.15) is 5.10 Å². The van der Waals surface area contributed by atoms with E-state index in [0.29, 0.717) is 35.0 Å². The molecule has 0 radical (unpaired) electrons. The number of hydrogen-bond acceptors (Lipinski definition) is 8. The summed E-state index contributed by atoms with van der Waals surface area (Å²) >= 11 is 0. The number of nitrogens with two attached hydrogens (primary N) is 1. The highest BCUT2D eigenvalue weighted by Crippen LogP contribution is 2.45. The van der Waals surface area contributed by atoms with Crippen molar-refractivity contribution >= 4 is 34.2 Å². The normalized spacial score (nSPS) is 18.4. The van der Waals surface area contributed by atoms with Gasteiger partial charge in [-0.05, 0) is 38.1 Å². The summed E-state index contributed by atoms with van der Waals surface area (Å²) in [5.74, 6) is 0.491. The molecule has 4 N–H and O–H groups in total. The molecule has 10 heteroatoms. The van der Waals surface area contributed by atoms with Crippen LogP contribution in [0.2, 0.25) is 0 Å². The van der Waals surface area contributed by atoms with E-state index in [1.165, 1.54) is 13.3 Å². The maximum atomic E-state index is 13.2. The van der Waals surface area contributed by atoms with Gasteiger partial charge in [-0.15, -0.1) is 0 Å². The fourth-order valence-electron chi connectivity index (χ4n) is 3.82. The number of hydrogen-bond donors (Lipinski definition) is 3. The first kappa shape index (κ1) is 26.0. The molecule has 1 aliphatic rings. The largest absolute Gasteiger partial charge is 0.496 e. The summed E-state index contributed by atoms with van der Waals surface area (Å²) in [7, 11) is -4.46. The molecule has 2 aromatic rings. The van der Waals surface area contributed by atoms with Crippen LogP contribution in [0.25, 0.3) is 0 Å². The van der Waals surface area contributed by atoms with Gasteiger partial charge in [0, 0.05) is 23.2 Å². The molecule has 184 valence electrons. The molecule has 0 fully saturated rings. The lowest BCUT2D eigenvalue weighted by Crippen LogP contribution is -2.49. The number of rotatable bonds is 9. The van der Waals surface area contributed by atoms with Crippen LogP contribution in [0.4, 0.5) is 5.69 Å². The molecule has 2 aromatic carbocycles. The molecule has 0 saturated heterocycles. The Hall–Kier alpha value is -2.61. The predicted octanol–water partition coefficient (Wildman–Crippen LogP) is 3.60. The van der Waals surface area contributed by atoms with Gasteiger partial charge in [0.25, 0.3) is 0 Å². The quantitative estimate of drug-likeness (QED) is 0.446. The summed E-state index contributed by atoms with van der Waals surface area (Å²) in [6, 6.07) is 12.1. The van der Waals surface area contributed by atoms with Crippen LogP contribution in [-0.2, 0) is 20.1 Å². The molecule has 8 nitrogen and oxygen atoms in total. The molecule has 0 bridgehead atoms. The third-order valence-corrected chi connectivity index (χ3v) is 11.5. The zero-order valence-corrected chi connectivity index (χ0v) is 21.9. The molecular weight excluding hydrogens is 471 g/mol. The van der Waals surface area contributed by atoms with E-state index in [2.05, 4.69) is 15.8 Å². The summed E-state index contributed by atoms with van der Waals surface area (Å²) in [5, 5.41) is 7.54. The standard InChI is InChI=1S/C24H33N4O4PS/c1-6-33(29,7-2)19-12-13-20(22(14-19)32-5)24(25)15-18(16-26-28-24)27-21-10-8-9-11-23(21)34(30,31)17(3)4/h8-17,27-28H,6-7,25H2,1-5H3. The minimum Gasteiger partial charge on any atom is -0.496 e. The number of allylic oxidation sites excluding steroid dienone is 1. The Morgan fingerprint density at radius 2 is 1.85 bits per heavy atom. The van der Waals surface area contributed by atoms with Gasteiger partial charge in [-0.1, -0.05) is 38.1 Å². The van der Waals surface area contributed by atoms with Crippen LogP contribution in [0.5, 0.6) is 5.75 Å². The van der Waals surface area contributed by atoms with Gasteiger partial charge >= 0.3 is 0 Å². The molecule has 34 heavy (non-hydrogen) atoms. The third kappa shape index (κ3) is 4.92. The van der Waals surface area contributed by atoms with E-state index in [1.807, 2.05) is 19.9 Å². The zero-order valence-electron chi connectivity index (χ0n) is 20.2. The van der Waals surface area contributed by atoms with E-state index >= 15 is 0 Å². The van der Waals surface area contributed by atoms with E-state index in [1.54, 1.807) is 56.3 Å². The van der Waals surface area contributed by atoms with Crippen LogP contribution in [0, 0.1) is 0 Å². The fraction of sp³-hybridized carbons (Fsp3) is 0.375. The van der Waals surface area contributed by atoms with Crippen molar-refractivity contribution in [2.24, 2.45) is 10.8 Å². The summed E-state index contributed by atoms with van der Waals surface area (Å²) in [5.41, 5.74) is 9.93. The van der Waals surface area contributed by atoms with Gasteiger partial charge in [0.2, 0.25) is 0 Å². The number of anilines is 1. The SMILES string of the molecule is CCP(=O)(CC)c1ccc(C2(N)C=C(Nc3ccccc3S(=O)(=O)C(C)C)C=NN2)c(OC)c1. The fourth-order valence-corrected chi connectivity index (χ4v) is 6.90. The van der Waals surface area contributed by atoms with E-state index in [0.717, 1.165) is 5.30 Å². The van der Waals surface area contributed by atoms with Gasteiger partial charge in [0.1, 0.15) is 12.9 Å². The Labute approximate surface area is 202 Å². The first-order valence-corrected chi connectivity index (χ1v) is 14.8. The summed E-state index contributed by atoms with van der Waals surface area (Å²) < 4.78 is 44.5. The molecule has 1 heterocycles. The minimum atomic E-state index is -3.50. The van der Waals surface area contributed by atoms with Crippen LogP contribution in [0.1, 0.15) is 33.3 Å². The molecule has 1 aliphatic heterocycles. The van der Waals surface area contributed by atoms with Crippen molar-refractivity contribution in [3.8, 4) is 5.75 Å². The average Bonchev–Trinajstić information content (AvgIpc) is 2.83. The molecule has 0 aliphatic carbocycles. The molecule has 1 unspecified atom stereocenters. The summed E-state index contributed by atoms with van der Waals surface area (Å²) in [6.45, 7) is 7.14. The van der Waals surface area contributed by atoms with E-state index in [4.69, 9.17) is 10.5 Å². The van der Waals surface area contributed by atoms with Gasteiger partial charge < -0.3 is 20.4 Å². The number of sulfone groups is 1. The molecule has 0 aromatic heterocycles. The second kappa shape index (κ2) is 9.94. The number of nitrogens with one attached hydrogen (secondary N) is 2. The highest BCUT2D eigenvalue weighted by Gasteiger charge is 2.32. The Morgan fingerprint density at radius 1 is 1.18 bits per heavy atom. The molecule has 0 spiro atoms. The maximum Gasteiger partial charge on any atom is 0.182 e. The molecule has 3 rings (SSSR count). The van der Waals surface area contributed by atoms with Gasteiger partial charge in [-0.3, -0.25) is 5.43 Å². The van der Waals surface area contributed by atoms with Crippen molar-refractivity contribution in [2.45, 2.75) is 43.5 Å². The zero-order chi connectivity index (χ0) is 25.1. The summed E-state index contributed by atoms with van der Waals surface area (Å²) in [4.78, 5) is 0.206. The Bertz CT molecular complexity index is 1270. The van der Waals surface area contributed by atoms with E-state index in [-0.39, 0.29) is 4.90 Å². The highest BCUT2D eigenvalue weighted by molar-refractivity contribution is 7.92. The van der Waals surface area contributed by atoms with E-state index in [9.17, 15) is 13.0 Å². The number of para-hydroxylation sites is 1. The molecular formula is C24H33N4O4PS. The Balaban J connectivity index is 2.02. The second-order valence-corrected chi connectivity index (χ2v) is 14.5. The molecule has 0 amide bonds. The van der Waals surface area contributed by atoms with Crippen molar-refractivity contribution in [1.82, 2.24) is 5.43 Å². The van der Waals surface area contributed by atoms with Gasteiger partial charge in [0.15, 0.2) is 15.5 Å². The van der Waals surface area contributed by atoms with Crippen molar-refractivity contribution in [3.63, 3.8) is 0 Å². The monoisotopic (exact) mass is 504 g/mol. The summed E-state index contributed by atoms with van der Waals surface area (Å²) in [6.07, 6.45) is 4.38. The highest BCUT2D eigenvalue weighted by atomic mass is 32.2. The average molecular weight is 505 g/mol. The number of methoxy groups -OCH3 is 1. The lowest BCUT2D eigenvalue weighted by Gasteiger charge is -2.31. The van der Waals surface area contributed by atoms with Crippen LogP contribution in [0.15, 0.2) is 64.2 Å². The van der Waals surface area contributed by atoms with Gasteiger partial charge in [0.05, 0.1) is 34.9 Å². The van der Waals surface area contributed by atoms with Crippen LogP contribution >= 0.6 is 7.14 Å². The van der Waals surface area contributed by atoms with Crippen molar-refractivity contribution in [3.05, 3.63) is 59.8 Å². The first-order chi connectivity index (χ1) is 16.0. The number of ether oxygens (including phenoxy) is 1. The second-order valence-electron chi connectivity index (χ2n) is 8.46. The van der Waals surface area contributed by atoms with Crippen molar-refractivity contribution < 1.29 is 17.7 Å². The smallest absolute Gasteiger partial charge is 0.182 e. The number of nitrogens with zero attached hydrogens (tertiary/aromatic N) is 1. The minimum absolute atomic E-state index is 0.206. The van der Waals surface area contributed by atoms with Gasteiger partial charge in [-0.25, -0.2) is 8.42 Å². The van der Waals surface area contributed by atoms with Crippen LogP contribution in [-0.4, -0.2) is 39.3 Å². The topological polar surface area (TPSA) is 123 Å². The van der Waals surface area contributed by atoms with E-state index < -0.39 is 27.9 Å². The third-order valence-electron chi connectivity index (χ3n) is 6.05. The lowest BCUT2D eigenvalue weighted by atomic mass is 9.97. The maximum absolute atomic E-state index is 13.2. The van der Waals surface area contributed by atoms with Crippen LogP contribution in [0.3, 0.4) is 0 Å². The first-order valence-electron chi connectivity index (χ1n) is 11.2. The van der Waals surface area contributed by atoms with Crippen molar-refractivity contribution in [1.29, 1.82) is 0 Å². The lowest BCUT2D eigenvalue weighted by molar-refractivity contribution is 0.376. The Morgan fingerprint density at radius 3 is 2.47 bits per heavy atom. The van der Waals surface area contributed by atoms with Crippen molar-refractivity contribution in [2.75, 3.05) is 24.8 Å². The number of hydrazone groups is 1. The molecule has 1 atom stereocenters. The molecule has 0 saturated carbocycles. The Kier molecular flexibility index (Phi) is 7.60. The van der Waals surface area contributed by atoms with Crippen LogP contribution < -0.4 is 26.5 Å². The number of benzene rings is 2. The predicted molar refractivity (Wildman–Crippen MR) is 139 cm³/mol.